The summed E-state index contributed by atoms with van der Waals surface area (Å²) in [6.45, 7) is 4.63. The zero-order chi connectivity index (χ0) is 14.0. The molecule has 0 aliphatic heterocycles. The van der Waals surface area contributed by atoms with E-state index in [1.807, 2.05) is 14.0 Å². The summed E-state index contributed by atoms with van der Waals surface area (Å²) in [5, 5.41) is 7.28. The number of carbonyl (C=O) groups excluding carboxylic acids is 1. The second kappa shape index (κ2) is 5.33. The van der Waals surface area contributed by atoms with Gasteiger partial charge in [0.1, 0.15) is 0 Å². The number of nitrogens with one attached hydrogen (secondary N) is 1. The minimum absolute atomic E-state index is 0.0508. The molecule has 0 spiro atoms. The van der Waals surface area contributed by atoms with E-state index in [1.54, 1.807) is 10.9 Å². The monoisotopic (exact) mass is 264 g/mol. The van der Waals surface area contributed by atoms with E-state index in [0.717, 1.165) is 25.0 Å². The van der Waals surface area contributed by atoms with Crippen LogP contribution in [0.2, 0.25) is 0 Å². The van der Waals surface area contributed by atoms with Crippen LogP contribution >= 0.6 is 0 Å². The van der Waals surface area contributed by atoms with Gasteiger partial charge in [-0.2, -0.15) is 5.10 Å². The van der Waals surface area contributed by atoms with Gasteiger partial charge in [0.05, 0.1) is 17.3 Å². The molecule has 1 heterocycles. The Morgan fingerprint density at radius 3 is 2.95 bits per heavy atom. The van der Waals surface area contributed by atoms with E-state index < -0.39 is 0 Å². The smallest absolute Gasteiger partial charge is 0.255 e. The molecule has 19 heavy (non-hydrogen) atoms. The summed E-state index contributed by atoms with van der Waals surface area (Å²) < 4.78 is 1.72. The van der Waals surface area contributed by atoms with E-state index in [0.29, 0.717) is 18.0 Å². The summed E-state index contributed by atoms with van der Waals surface area (Å²) in [4.78, 5) is 12.4. The first kappa shape index (κ1) is 14.1. The molecule has 2 unspecified atom stereocenters. The number of amides is 1. The third-order valence-electron chi connectivity index (χ3n) is 4.34. The lowest BCUT2D eigenvalue weighted by Gasteiger charge is -2.40. The highest BCUT2D eigenvalue weighted by atomic mass is 16.1. The Morgan fingerprint density at radius 2 is 2.42 bits per heavy atom. The molecule has 3 N–H and O–H groups in total. The lowest BCUT2D eigenvalue weighted by Crippen LogP contribution is -2.56. The van der Waals surface area contributed by atoms with Crippen LogP contribution in [-0.2, 0) is 7.05 Å². The maximum Gasteiger partial charge on any atom is 0.255 e. The van der Waals surface area contributed by atoms with Gasteiger partial charge in [-0.15, -0.1) is 0 Å². The largest absolute Gasteiger partial charge is 0.345 e. The third-order valence-corrected chi connectivity index (χ3v) is 4.34. The summed E-state index contributed by atoms with van der Waals surface area (Å²) in [5.41, 5.74) is 7.23. The first-order valence-electron chi connectivity index (χ1n) is 6.98. The van der Waals surface area contributed by atoms with Crippen LogP contribution in [-0.4, -0.2) is 27.8 Å². The first-order valence-corrected chi connectivity index (χ1v) is 6.98. The molecule has 2 atom stereocenters. The van der Waals surface area contributed by atoms with E-state index in [-0.39, 0.29) is 11.4 Å². The van der Waals surface area contributed by atoms with Gasteiger partial charge < -0.3 is 11.1 Å². The van der Waals surface area contributed by atoms with Crippen molar-refractivity contribution in [3.63, 3.8) is 0 Å². The highest BCUT2D eigenvalue weighted by Gasteiger charge is 2.35. The van der Waals surface area contributed by atoms with E-state index in [4.69, 9.17) is 5.73 Å². The number of hydrogen-bond acceptors (Lipinski definition) is 3. The normalized spacial score (nSPS) is 27.3. The number of hydrogen-bond donors (Lipinski definition) is 2. The molecule has 1 aromatic heterocycles. The predicted octanol–water partition coefficient (Wildman–Crippen LogP) is 1.37. The molecule has 5 heteroatoms. The van der Waals surface area contributed by atoms with Gasteiger partial charge in [-0.25, -0.2) is 0 Å². The average molecular weight is 264 g/mol. The van der Waals surface area contributed by atoms with E-state index in [2.05, 4.69) is 17.3 Å². The number of nitrogens with two attached hydrogens (primary N) is 1. The lowest BCUT2D eigenvalue weighted by atomic mass is 9.76. The zero-order valence-electron chi connectivity index (χ0n) is 12.1. The average Bonchev–Trinajstić information content (AvgIpc) is 2.70. The Labute approximate surface area is 114 Å². The molecule has 1 amide bonds. The molecule has 1 aromatic rings. The number of carbonyl (C=O) groups is 1. The predicted molar refractivity (Wildman–Crippen MR) is 74.8 cm³/mol. The minimum atomic E-state index is -0.239. The Balaban J connectivity index is 2.14. The van der Waals surface area contributed by atoms with E-state index in [9.17, 15) is 4.79 Å². The van der Waals surface area contributed by atoms with Gasteiger partial charge >= 0.3 is 0 Å². The Kier molecular flexibility index (Phi) is 3.94. The quantitative estimate of drug-likeness (QED) is 0.866. The summed E-state index contributed by atoms with van der Waals surface area (Å²) >= 11 is 0. The molecule has 0 aromatic carbocycles. The summed E-state index contributed by atoms with van der Waals surface area (Å²) in [7, 11) is 1.84. The molecule has 1 saturated carbocycles. The SMILES string of the molecule is Cc1c(C(=O)NC2(CN)CCCC(C)C2)cnn1C. The fourth-order valence-corrected chi connectivity index (χ4v) is 3.04. The molecule has 5 nitrogen and oxygen atoms in total. The van der Waals surface area contributed by atoms with Gasteiger partial charge in [-0.1, -0.05) is 19.8 Å². The highest BCUT2D eigenvalue weighted by Crippen LogP contribution is 2.31. The molecular weight excluding hydrogens is 240 g/mol. The topological polar surface area (TPSA) is 72.9 Å². The Morgan fingerprint density at radius 1 is 1.68 bits per heavy atom. The van der Waals surface area contributed by atoms with Crippen molar-refractivity contribution in [2.24, 2.45) is 18.7 Å². The van der Waals surface area contributed by atoms with Crippen LogP contribution in [0.4, 0.5) is 0 Å². The van der Waals surface area contributed by atoms with Crippen molar-refractivity contribution in [3.05, 3.63) is 17.5 Å². The van der Waals surface area contributed by atoms with Crippen molar-refractivity contribution in [3.8, 4) is 0 Å². The van der Waals surface area contributed by atoms with Crippen molar-refractivity contribution in [2.45, 2.75) is 45.1 Å². The van der Waals surface area contributed by atoms with Gasteiger partial charge in [0, 0.05) is 19.3 Å². The molecule has 1 aliphatic rings. The van der Waals surface area contributed by atoms with Crippen LogP contribution in [0.15, 0.2) is 6.20 Å². The van der Waals surface area contributed by atoms with Crippen LogP contribution in [0.25, 0.3) is 0 Å². The van der Waals surface area contributed by atoms with Crippen molar-refractivity contribution in [2.75, 3.05) is 6.54 Å². The molecular formula is C14H24N4O. The summed E-state index contributed by atoms with van der Waals surface area (Å²) in [6.07, 6.45) is 5.92. The number of aromatic nitrogens is 2. The molecule has 2 rings (SSSR count). The second-order valence-corrected chi connectivity index (χ2v) is 5.91. The number of aryl methyl sites for hydroxylation is 1. The Bertz CT molecular complexity index is 468. The molecule has 1 aliphatic carbocycles. The third kappa shape index (κ3) is 2.81. The fraction of sp³-hybridized carbons (Fsp3) is 0.714. The van der Waals surface area contributed by atoms with Gasteiger partial charge in [0.15, 0.2) is 0 Å². The van der Waals surface area contributed by atoms with E-state index >= 15 is 0 Å². The van der Waals surface area contributed by atoms with Crippen LogP contribution < -0.4 is 11.1 Å². The maximum atomic E-state index is 12.4. The lowest BCUT2D eigenvalue weighted by molar-refractivity contribution is 0.0853. The molecule has 0 radical (unpaired) electrons. The molecule has 106 valence electrons. The number of nitrogens with zero attached hydrogens (tertiary/aromatic N) is 2. The van der Waals surface area contributed by atoms with Crippen LogP contribution in [0.3, 0.4) is 0 Å². The maximum absolute atomic E-state index is 12.4. The van der Waals surface area contributed by atoms with E-state index in [1.165, 1.54) is 6.42 Å². The summed E-state index contributed by atoms with van der Waals surface area (Å²) in [6, 6.07) is 0. The van der Waals surface area contributed by atoms with Crippen molar-refractivity contribution < 1.29 is 4.79 Å². The second-order valence-electron chi connectivity index (χ2n) is 5.91. The zero-order valence-corrected chi connectivity index (χ0v) is 12.1. The van der Waals surface area contributed by atoms with Crippen molar-refractivity contribution in [1.29, 1.82) is 0 Å². The van der Waals surface area contributed by atoms with Gasteiger partial charge in [0.25, 0.3) is 5.91 Å². The van der Waals surface area contributed by atoms with Crippen molar-refractivity contribution in [1.82, 2.24) is 15.1 Å². The Hall–Kier alpha value is -1.36. The summed E-state index contributed by atoms with van der Waals surface area (Å²) in [5.74, 6) is 0.567. The fourth-order valence-electron chi connectivity index (χ4n) is 3.04. The van der Waals surface area contributed by atoms with Gasteiger partial charge in [-0.05, 0) is 25.7 Å². The molecule has 0 saturated heterocycles. The molecule has 0 bridgehead atoms. The van der Waals surface area contributed by atoms with Crippen LogP contribution in [0.1, 0.15) is 48.7 Å². The van der Waals surface area contributed by atoms with Gasteiger partial charge in [-0.3, -0.25) is 9.48 Å². The minimum Gasteiger partial charge on any atom is -0.345 e. The number of rotatable bonds is 3. The van der Waals surface area contributed by atoms with Gasteiger partial charge in [0.2, 0.25) is 0 Å². The standard InChI is InChI=1S/C14H24N4O/c1-10-5-4-6-14(7-10,9-15)17-13(19)12-8-16-18(3)11(12)2/h8,10H,4-7,9,15H2,1-3H3,(H,17,19). The highest BCUT2D eigenvalue weighted by molar-refractivity contribution is 5.95. The van der Waals surface area contributed by atoms with Crippen LogP contribution in [0.5, 0.6) is 0 Å². The first-order chi connectivity index (χ1) is 8.97. The molecule has 1 fully saturated rings. The van der Waals surface area contributed by atoms with Crippen molar-refractivity contribution >= 4 is 5.91 Å². The van der Waals surface area contributed by atoms with Crippen LogP contribution in [0, 0.1) is 12.8 Å².